The lowest BCUT2D eigenvalue weighted by molar-refractivity contribution is 0.238. The van der Waals surface area contributed by atoms with Gasteiger partial charge in [-0.25, -0.2) is 0 Å². The quantitative estimate of drug-likeness (QED) is 0.315. The zero-order valence-corrected chi connectivity index (χ0v) is 10.2. The third-order valence-corrected chi connectivity index (χ3v) is 4.75. The molecule has 0 aromatic carbocycles. The molecule has 0 aromatic heterocycles. The lowest BCUT2D eigenvalue weighted by atomic mass is 10.0. The lowest BCUT2D eigenvalue weighted by Gasteiger charge is -2.30. The van der Waals surface area contributed by atoms with Gasteiger partial charge in [-0.05, 0) is 18.3 Å². The molecule has 1 aliphatic carbocycles. The lowest BCUT2D eigenvalue weighted by Crippen LogP contribution is -2.41. The van der Waals surface area contributed by atoms with Gasteiger partial charge in [-0.1, -0.05) is 5.16 Å². The molecule has 1 aliphatic heterocycles. The first-order valence-electron chi connectivity index (χ1n) is 5.67. The molecule has 1 saturated heterocycles. The predicted octanol–water partition coefficient (Wildman–Crippen LogP) is -0.0326. The molecule has 0 spiro atoms. The molecule has 6 heteroatoms. The van der Waals surface area contributed by atoms with Gasteiger partial charge in [0.05, 0.1) is 0 Å². The summed E-state index contributed by atoms with van der Waals surface area (Å²) in [5.41, 5.74) is 5.79. The third kappa shape index (κ3) is 2.95. The van der Waals surface area contributed by atoms with Crippen molar-refractivity contribution in [3.63, 3.8) is 0 Å². The van der Waals surface area contributed by atoms with Crippen LogP contribution in [0.5, 0.6) is 0 Å². The smallest absolute Gasteiger partial charge is 0.139 e. The maximum atomic E-state index is 11.2. The SMILES string of the molecule is NC(CC1(CN2CCS(=O)CC2)CC1)=NO. The van der Waals surface area contributed by atoms with Crippen LogP contribution in [0.2, 0.25) is 0 Å². The first kappa shape index (κ1) is 11.9. The van der Waals surface area contributed by atoms with E-state index in [0.717, 1.165) is 44.0 Å². The number of hydrogen-bond acceptors (Lipinski definition) is 4. The van der Waals surface area contributed by atoms with Gasteiger partial charge in [0.2, 0.25) is 0 Å². The zero-order valence-electron chi connectivity index (χ0n) is 9.39. The Bertz CT molecular complexity index is 305. The molecule has 1 heterocycles. The molecule has 92 valence electrons. The van der Waals surface area contributed by atoms with Gasteiger partial charge in [0.15, 0.2) is 0 Å². The molecule has 2 aliphatic rings. The summed E-state index contributed by atoms with van der Waals surface area (Å²) in [5.74, 6) is 1.91. The van der Waals surface area contributed by atoms with E-state index in [1.165, 1.54) is 0 Å². The number of hydrogen-bond donors (Lipinski definition) is 2. The number of nitrogens with zero attached hydrogens (tertiary/aromatic N) is 2. The van der Waals surface area contributed by atoms with Crippen LogP contribution in [0.4, 0.5) is 0 Å². The summed E-state index contributed by atoms with van der Waals surface area (Å²) in [4.78, 5) is 2.36. The van der Waals surface area contributed by atoms with Crippen molar-refractivity contribution in [2.45, 2.75) is 19.3 Å². The van der Waals surface area contributed by atoms with Crippen molar-refractivity contribution in [1.82, 2.24) is 4.90 Å². The minimum Gasteiger partial charge on any atom is -0.409 e. The Morgan fingerprint density at radius 1 is 1.44 bits per heavy atom. The minimum absolute atomic E-state index is 0.231. The molecule has 1 saturated carbocycles. The maximum absolute atomic E-state index is 11.2. The Kier molecular flexibility index (Phi) is 3.49. The fraction of sp³-hybridized carbons (Fsp3) is 0.900. The largest absolute Gasteiger partial charge is 0.409 e. The van der Waals surface area contributed by atoms with E-state index in [2.05, 4.69) is 10.1 Å². The average molecular weight is 245 g/mol. The van der Waals surface area contributed by atoms with Gasteiger partial charge in [-0.15, -0.1) is 0 Å². The number of amidine groups is 1. The van der Waals surface area contributed by atoms with Crippen LogP contribution in [0.25, 0.3) is 0 Å². The Labute approximate surface area is 98.1 Å². The predicted molar refractivity (Wildman–Crippen MR) is 64.0 cm³/mol. The molecule has 0 amide bonds. The Morgan fingerprint density at radius 2 is 2.06 bits per heavy atom. The van der Waals surface area contributed by atoms with Crippen LogP contribution in [0, 0.1) is 5.41 Å². The fourth-order valence-electron chi connectivity index (χ4n) is 2.30. The molecule has 16 heavy (non-hydrogen) atoms. The van der Waals surface area contributed by atoms with Gasteiger partial charge >= 0.3 is 0 Å². The monoisotopic (exact) mass is 245 g/mol. The molecular formula is C10H19N3O2S. The van der Waals surface area contributed by atoms with Crippen molar-refractivity contribution in [3.8, 4) is 0 Å². The summed E-state index contributed by atoms with van der Waals surface area (Å²) in [6, 6.07) is 0. The van der Waals surface area contributed by atoms with Gasteiger partial charge in [0, 0.05) is 48.4 Å². The molecule has 0 aromatic rings. The third-order valence-electron chi connectivity index (χ3n) is 3.47. The van der Waals surface area contributed by atoms with Crippen LogP contribution >= 0.6 is 0 Å². The van der Waals surface area contributed by atoms with Gasteiger partial charge < -0.3 is 15.8 Å². The molecule has 5 nitrogen and oxygen atoms in total. The molecular weight excluding hydrogens is 226 g/mol. The van der Waals surface area contributed by atoms with Gasteiger partial charge in [-0.2, -0.15) is 0 Å². The summed E-state index contributed by atoms with van der Waals surface area (Å²) in [6.45, 7) is 2.84. The first-order valence-corrected chi connectivity index (χ1v) is 7.16. The molecule has 0 radical (unpaired) electrons. The van der Waals surface area contributed by atoms with E-state index in [4.69, 9.17) is 10.9 Å². The van der Waals surface area contributed by atoms with E-state index >= 15 is 0 Å². The number of rotatable bonds is 4. The highest BCUT2D eigenvalue weighted by Crippen LogP contribution is 2.49. The topological polar surface area (TPSA) is 78.9 Å². The summed E-state index contributed by atoms with van der Waals surface area (Å²) in [5, 5.41) is 11.6. The summed E-state index contributed by atoms with van der Waals surface area (Å²) >= 11 is 0. The second-order valence-corrected chi connectivity index (χ2v) is 6.59. The Hall–Kier alpha value is -0.620. The average Bonchev–Trinajstić information content (AvgIpc) is 3.01. The van der Waals surface area contributed by atoms with Crippen molar-refractivity contribution >= 4 is 16.6 Å². The molecule has 2 fully saturated rings. The maximum Gasteiger partial charge on any atom is 0.139 e. The van der Waals surface area contributed by atoms with Gasteiger partial charge in [-0.3, -0.25) is 4.21 Å². The van der Waals surface area contributed by atoms with E-state index in [9.17, 15) is 4.21 Å². The first-order chi connectivity index (χ1) is 7.63. The van der Waals surface area contributed by atoms with E-state index < -0.39 is 10.8 Å². The van der Waals surface area contributed by atoms with Crippen LogP contribution in [0.3, 0.4) is 0 Å². The highest BCUT2D eigenvalue weighted by atomic mass is 32.2. The van der Waals surface area contributed by atoms with Crippen LogP contribution < -0.4 is 5.73 Å². The van der Waals surface area contributed by atoms with E-state index in [0.29, 0.717) is 12.3 Å². The van der Waals surface area contributed by atoms with Crippen molar-refractivity contribution in [2.75, 3.05) is 31.1 Å². The standard InChI is InChI=1S/C10H19N3O2S/c11-9(12-14)7-10(1-2-10)8-13-3-5-16(15)6-4-13/h14H,1-8H2,(H2,11,12). The molecule has 0 unspecified atom stereocenters. The van der Waals surface area contributed by atoms with Crippen molar-refractivity contribution in [1.29, 1.82) is 0 Å². The number of nitrogens with two attached hydrogens (primary N) is 1. The van der Waals surface area contributed by atoms with E-state index in [1.54, 1.807) is 0 Å². The number of oxime groups is 1. The van der Waals surface area contributed by atoms with Crippen molar-refractivity contribution in [2.24, 2.45) is 16.3 Å². The molecule has 3 N–H and O–H groups in total. The minimum atomic E-state index is -0.611. The molecule has 2 rings (SSSR count). The summed E-state index contributed by atoms with van der Waals surface area (Å²) in [7, 11) is -0.611. The van der Waals surface area contributed by atoms with Crippen molar-refractivity contribution < 1.29 is 9.42 Å². The van der Waals surface area contributed by atoms with Crippen LogP contribution in [-0.2, 0) is 10.8 Å². The van der Waals surface area contributed by atoms with E-state index in [-0.39, 0.29) is 5.41 Å². The van der Waals surface area contributed by atoms with Crippen LogP contribution in [0.15, 0.2) is 5.16 Å². The molecule has 0 atom stereocenters. The highest BCUT2D eigenvalue weighted by Gasteiger charge is 2.44. The second kappa shape index (κ2) is 4.71. The summed E-state index contributed by atoms with van der Waals surface area (Å²) < 4.78 is 11.2. The van der Waals surface area contributed by atoms with E-state index in [1.807, 2.05) is 0 Å². The van der Waals surface area contributed by atoms with Crippen LogP contribution in [0.1, 0.15) is 19.3 Å². The molecule has 0 bridgehead atoms. The fourth-order valence-corrected chi connectivity index (χ4v) is 3.42. The zero-order chi connectivity index (χ0) is 11.6. The summed E-state index contributed by atoms with van der Waals surface area (Å²) in [6.07, 6.45) is 2.99. The van der Waals surface area contributed by atoms with Crippen molar-refractivity contribution in [3.05, 3.63) is 0 Å². The Morgan fingerprint density at radius 3 is 2.56 bits per heavy atom. The van der Waals surface area contributed by atoms with Crippen LogP contribution in [-0.4, -0.2) is 51.3 Å². The second-order valence-electron chi connectivity index (χ2n) is 4.89. The Balaban J connectivity index is 1.82. The van der Waals surface area contributed by atoms with Gasteiger partial charge in [0.1, 0.15) is 5.84 Å². The highest BCUT2D eigenvalue weighted by molar-refractivity contribution is 7.85. The van der Waals surface area contributed by atoms with Gasteiger partial charge in [0.25, 0.3) is 0 Å². The normalized spacial score (nSPS) is 26.9.